The third kappa shape index (κ3) is 4.75. The van der Waals surface area contributed by atoms with Gasteiger partial charge in [0, 0.05) is 29.7 Å². The predicted molar refractivity (Wildman–Crippen MR) is 121 cm³/mol. The fourth-order valence-corrected chi connectivity index (χ4v) is 3.37. The highest BCUT2D eigenvalue weighted by molar-refractivity contribution is 6.04. The van der Waals surface area contributed by atoms with Crippen molar-refractivity contribution in [3.05, 3.63) is 93.8 Å². The van der Waals surface area contributed by atoms with Crippen LogP contribution in [0.15, 0.2) is 65.7 Å². The Kier molecular flexibility index (Phi) is 5.82. The minimum Gasteiger partial charge on any atom is -0.355 e. The molecular weight excluding hydrogens is 452 g/mol. The fraction of sp³-hybridized carbons (Fsp3) is 0.125. The first kappa shape index (κ1) is 23.0. The highest BCUT2D eigenvalue weighted by Gasteiger charge is 2.32. The summed E-state index contributed by atoms with van der Waals surface area (Å²) in [4.78, 5) is 29.1. The van der Waals surface area contributed by atoms with Crippen LogP contribution in [0.5, 0.6) is 0 Å². The third-order valence-corrected chi connectivity index (χ3v) is 5.18. The van der Waals surface area contributed by atoms with E-state index >= 15 is 0 Å². The number of nitrogens with one attached hydrogen (secondary N) is 2. The lowest BCUT2D eigenvalue weighted by Gasteiger charge is -2.14. The van der Waals surface area contributed by atoms with Crippen LogP contribution in [0.25, 0.3) is 10.9 Å². The second kappa shape index (κ2) is 8.62. The zero-order valence-electron chi connectivity index (χ0n) is 18.0. The van der Waals surface area contributed by atoms with Crippen LogP contribution in [-0.2, 0) is 13.2 Å². The van der Waals surface area contributed by atoms with Gasteiger partial charge in [0.2, 0.25) is 0 Å². The van der Waals surface area contributed by atoms with Crippen molar-refractivity contribution < 1.29 is 22.4 Å². The predicted octanol–water partition coefficient (Wildman–Crippen LogP) is 5.40. The zero-order valence-corrected chi connectivity index (χ0v) is 18.0. The maximum absolute atomic E-state index is 13.7. The lowest BCUT2D eigenvalue weighted by atomic mass is 10.1. The molecule has 0 spiro atoms. The Morgan fingerprint density at radius 2 is 1.74 bits per heavy atom. The fourth-order valence-electron chi connectivity index (χ4n) is 3.37. The van der Waals surface area contributed by atoms with Crippen molar-refractivity contribution >= 4 is 33.9 Å². The molecule has 34 heavy (non-hydrogen) atoms. The second-order valence-electron chi connectivity index (χ2n) is 7.73. The van der Waals surface area contributed by atoms with Crippen molar-refractivity contribution in [3.63, 3.8) is 0 Å². The van der Waals surface area contributed by atoms with Crippen molar-refractivity contribution in [2.45, 2.75) is 13.1 Å². The largest absolute Gasteiger partial charge is 0.416 e. The molecule has 1 amide bonds. The monoisotopic (exact) mass is 470 g/mol. The van der Waals surface area contributed by atoms with Crippen LogP contribution < -0.4 is 16.2 Å². The number of hydrogen-bond acceptors (Lipinski definition) is 4. The number of rotatable bonds is 4. The molecule has 4 rings (SSSR count). The highest BCUT2D eigenvalue weighted by atomic mass is 19.4. The van der Waals surface area contributed by atoms with Gasteiger partial charge in [0.05, 0.1) is 22.8 Å². The molecule has 0 saturated carbocycles. The molecule has 0 atom stereocenters. The molecule has 0 unspecified atom stereocenters. The molecule has 0 saturated heterocycles. The first-order chi connectivity index (χ1) is 16.0. The number of hydrogen-bond donors (Lipinski definition) is 2. The topological polar surface area (TPSA) is 76.0 Å². The Balaban J connectivity index is 1.60. The molecule has 10 heteroatoms. The first-order valence-electron chi connectivity index (χ1n) is 10.0. The standard InChI is InChI=1S/C24H18F4N4O2/c1-13-3-4-18(31-22(33)14-7-15(24(26,27)28)9-16(25)8-14)11-21(13)30-17-5-6-20-19(10-17)23(34)32(2)12-29-20/h3-12,30H,1-2H3,(H,31,33). The van der Waals surface area contributed by atoms with E-state index in [2.05, 4.69) is 15.6 Å². The maximum atomic E-state index is 13.7. The average Bonchev–Trinajstić information content (AvgIpc) is 2.78. The van der Waals surface area contributed by atoms with E-state index in [0.29, 0.717) is 34.4 Å². The van der Waals surface area contributed by atoms with E-state index in [-0.39, 0.29) is 11.2 Å². The summed E-state index contributed by atoms with van der Waals surface area (Å²) in [6, 6.07) is 11.6. The number of anilines is 3. The van der Waals surface area contributed by atoms with E-state index in [9.17, 15) is 27.2 Å². The number of benzene rings is 3. The second-order valence-corrected chi connectivity index (χ2v) is 7.73. The van der Waals surface area contributed by atoms with Crippen LogP contribution in [0.4, 0.5) is 34.6 Å². The Labute approximate surface area is 190 Å². The molecule has 0 bridgehead atoms. The van der Waals surface area contributed by atoms with E-state index in [4.69, 9.17) is 0 Å². The molecule has 4 aromatic rings. The molecule has 174 valence electrons. The van der Waals surface area contributed by atoms with Crippen LogP contribution in [0.2, 0.25) is 0 Å². The summed E-state index contributed by atoms with van der Waals surface area (Å²) in [5, 5.41) is 6.07. The van der Waals surface area contributed by atoms with Crippen LogP contribution in [0.1, 0.15) is 21.5 Å². The van der Waals surface area contributed by atoms with Gasteiger partial charge in [-0.3, -0.25) is 9.59 Å². The van der Waals surface area contributed by atoms with Gasteiger partial charge in [0.1, 0.15) is 5.82 Å². The Morgan fingerprint density at radius 1 is 1.00 bits per heavy atom. The summed E-state index contributed by atoms with van der Waals surface area (Å²) >= 11 is 0. The van der Waals surface area contributed by atoms with Crippen molar-refractivity contribution in [1.82, 2.24) is 9.55 Å². The van der Waals surface area contributed by atoms with Gasteiger partial charge in [-0.1, -0.05) is 6.07 Å². The SMILES string of the molecule is Cc1ccc(NC(=O)c2cc(F)cc(C(F)(F)F)c2)cc1Nc1ccc2ncn(C)c(=O)c2c1. The summed E-state index contributed by atoms with van der Waals surface area (Å²) in [7, 11) is 1.60. The number of aromatic nitrogens is 2. The number of amides is 1. The number of alkyl halides is 3. The quantitative estimate of drug-likeness (QED) is 0.392. The van der Waals surface area contributed by atoms with E-state index in [1.54, 1.807) is 43.4 Å². The molecule has 3 aromatic carbocycles. The molecule has 0 aliphatic heterocycles. The van der Waals surface area contributed by atoms with Gasteiger partial charge in [-0.25, -0.2) is 9.37 Å². The number of fused-ring (bicyclic) bond motifs is 1. The number of aryl methyl sites for hydroxylation is 2. The zero-order chi connectivity index (χ0) is 24.6. The minimum atomic E-state index is -4.78. The third-order valence-electron chi connectivity index (χ3n) is 5.18. The van der Waals surface area contributed by atoms with E-state index < -0.39 is 29.0 Å². The normalized spacial score (nSPS) is 11.5. The smallest absolute Gasteiger partial charge is 0.355 e. The van der Waals surface area contributed by atoms with Crippen LogP contribution in [0.3, 0.4) is 0 Å². The van der Waals surface area contributed by atoms with E-state index in [1.807, 2.05) is 6.92 Å². The molecule has 0 aliphatic carbocycles. The van der Waals surface area contributed by atoms with Crippen molar-refractivity contribution in [2.24, 2.45) is 7.05 Å². The Morgan fingerprint density at radius 3 is 2.47 bits per heavy atom. The van der Waals surface area contributed by atoms with Gasteiger partial charge in [-0.15, -0.1) is 0 Å². The van der Waals surface area contributed by atoms with Gasteiger partial charge < -0.3 is 15.2 Å². The first-order valence-corrected chi connectivity index (χ1v) is 10.0. The molecule has 0 radical (unpaired) electrons. The molecule has 0 fully saturated rings. The summed E-state index contributed by atoms with van der Waals surface area (Å²) in [5.74, 6) is -2.05. The van der Waals surface area contributed by atoms with Gasteiger partial charge in [0.25, 0.3) is 11.5 Å². The molecule has 1 heterocycles. The number of nitrogens with zero attached hydrogens (tertiary/aromatic N) is 2. The average molecular weight is 470 g/mol. The van der Waals surface area contributed by atoms with Crippen molar-refractivity contribution in [2.75, 3.05) is 10.6 Å². The number of carbonyl (C=O) groups excluding carboxylic acids is 1. The summed E-state index contributed by atoms with van der Waals surface area (Å²) in [5.41, 5.74) is 0.911. The van der Waals surface area contributed by atoms with Crippen molar-refractivity contribution in [1.29, 1.82) is 0 Å². The summed E-state index contributed by atoms with van der Waals surface area (Å²) < 4.78 is 53.9. The molecule has 1 aromatic heterocycles. The summed E-state index contributed by atoms with van der Waals surface area (Å²) in [6.45, 7) is 1.82. The van der Waals surface area contributed by atoms with Gasteiger partial charge in [-0.2, -0.15) is 13.2 Å². The lowest BCUT2D eigenvalue weighted by Crippen LogP contribution is -2.16. The van der Waals surface area contributed by atoms with Gasteiger partial charge in [-0.05, 0) is 61.0 Å². The van der Waals surface area contributed by atoms with E-state index in [1.165, 1.54) is 10.9 Å². The summed E-state index contributed by atoms with van der Waals surface area (Å²) in [6.07, 6.45) is -3.35. The molecular formula is C24H18F4N4O2. The molecule has 2 N–H and O–H groups in total. The molecule has 0 aliphatic rings. The molecule has 6 nitrogen and oxygen atoms in total. The number of carbonyl (C=O) groups is 1. The van der Waals surface area contributed by atoms with Gasteiger partial charge in [0.15, 0.2) is 0 Å². The van der Waals surface area contributed by atoms with Gasteiger partial charge >= 0.3 is 6.18 Å². The van der Waals surface area contributed by atoms with Crippen molar-refractivity contribution in [3.8, 4) is 0 Å². The minimum absolute atomic E-state index is 0.209. The Hall–Kier alpha value is -4.21. The highest BCUT2D eigenvalue weighted by Crippen LogP contribution is 2.31. The van der Waals surface area contributed by atoms with Crippen LogP contribution in [0, 0.1) is 12.7 Å². The van der Waals surface area contributed by atoms with Crippen LogP contribution >= 0.6 is 0 Å². The van der Waals surface area contributed by atoms with Crippen LogP contribution in [-0.4, -0.2) is 15.5 Å². The lowest BCUT2D eigenvalue weighted by molar-refractivity contribution is -0.137. The Bertz CT molecular complexity index is 1480. The maximum Gasteiger partial charge on any atom is 0.416 e. The van der Waals surface area contributed by atoms with E-state index in [0.717, 1.165) is 11.6 Å². The number of halogens is 4.